The number of rotatable bonds is 6. The van der Waals surface area contributed by atoms with Crippen LogP contribution in [0.1, 0.15) is 45.1 Å². The molecule has 24 heavy (non-hydrogen) atoms. The first-order valence-corrected chi connectivity index (χ1v) is 8.24. The number of hydrogen-bond donors (Lipinski definition) is 2. The molecule has 1 heterocycles. The topological polar surface area (TPSA) is 84.9 Å². The Bertz CT molecular complexity index is 593. The van der Waals surface area contributed by atoms with Gasteiger partial charge in [-0.3, -0.25) is 4.79 Å². The number of nitrogens with one attached hydrogen (secondary N) is 1. The van der Waals surface area contributed by atoms with E-state index in [9.17, 15) is 14.7 Å². The van der Waals surface area contributed by atoms with E-state index < -0.39 is 23.5 Å². The van der Waals surface area contributed by atoms with Crippen molar-refractivity contribution in [3.8, 4) is 5.75 Å². The van der Waals surface area contributed by atoms with Gasteiger partial charge in [-0.25, -0.2) is 4.79 Å². The van der Waals surface area contributed by atoms with Gasteiger partial charge in [0.05, 0.1) is 0 Å². The van der Waals surface area contributed by atoms with Crippen LogP contribution in [0.25, 0.3) is 0 Å². The maximum Gasteiger partial charge on any atom is 0.329 e. The summed E-state index contributed by atoms with van der Waals surface area (Å²) in [5.74, 6) is -0.516. The number of hydrogen-bond acceptors (Lipinski definition) is 4. The zero-order valence-corrected chi connectivity index (χ0v) is 14.4. The monoisotopic (exact) mass is 335 g/mol. The van der Waals surface area contributed by atoms with E-state index in [0.717, 1.165) is 5.56 Å². The van der Waals surface area contributed by atoms with Crippen LogP contribution < -0.4 is 10.1 Å². The SMILES string of the molecule is CC(Oc1cccc(C(C)C)c1)C(=O)NC1(C(=O)O)CCOCC1. The number of benzene rings is 1. The lowest BCUT2D eigenvalue weighted by atomic mass is 9.90. The average molecular weight is 335 g/mol. The molecule has 0 aliphatic carbocycles. The van der Waals surface area contributed by atoms with Crippen molar-refractivity contribution in [1.82, 2.24) is 5.32 Å². The van der Waals surface area contributed by atoms with E-state index in [1.54, 1.807) is 13.0 Å². The second-order valence-electron chi connectivity index (χ2n) is 6.48. The Balaban J connectivity index is 2.03. The summed E-state index contributed by atoms with van der Waals surface area (Å²) in [5, 5.41) is 12.1. The summed E-state index contributed by atoms with van der Waals surface area (Å²) < 4.78 is 10.9. The Morgan fingerprint density at radius 2 is 1.92 bits per heavy atom. The van der Waals surface area contributed by atoms with Crippen molar-refractivity contribution in [2.45, 2.75) is 51.2 Å². The molecule has 1 saturated heterocycles. The zero-order valence-electron chi connectivity index (χ0n) is 14.4. The third-order valence-electron chi connectivity index (χ3n) is 4.33. The molecule has 1 fully saturated rings. The second-order valence-corrected chi connectivity index (χ2v) is 6.48. The molecule has 2 N–H and O–H groups in total. The van der Waals surface area contributed by atoms with Crippen molar-refractivity contribution in [3.05, 3.63) is 29.8 Å². The highest BCUT2D eigenvalue weighted by Gasteiger charge is 2.42. The van der Waals surface area contributed by atoms with E-state index >= 15 is 0 Å². The molecule has 1 aromatic rings. The van der Waals surface area contributed by atoms with E-state index in [-0.39, 0.29) is 12.8 Å². The third kappa shape index (κ3) is 4.26. The fraction of sp³-hybridized carbons (Fsp3) is 0.556. The van der Waals surface area contributed by atoms with Gasteiger partial charge in [-0.2, -0.15) is 0 Å². The molecule has 1 aromatic carbocycles. The average Bonchev–Trinajstić information content (AvgIpc) is 2.55. The van der Waals surface area contributed by atoms with Gasteiger partial charge in [-0.05, 0) is 30.5 Å². The molecule has 0 saturated carbocycles. The van der Waals surface area contributed by atoms with E-state index in [1.807, 2.05) is 18.2 Å². The fourth-order valence-electron chi connectivity index (χ4n) is 2.65. The Labute approximate surface area is 142 Å². The minimum atomic E-state index is -1.27. The van der Waals surface area contributed by atoms with Crippen LogP contribution >= 0.6 is 0 Å². The van der Waals surface area contributed by atoms with Crippen LogP contribution in [0, 0.1) is 0 Å². The van der Waals surface area contributed by atoms with E-state index in [1.165, 1.54) is 0 Å². The van der Waals surface area contributed by atoms with Crippen LogP contribution in [-0.2, 0) is 14.3 Å². The number of carboxylic acid groups (broad SMARTS) is 1. The van der Waals surface area contributed by atoms with Gasteiger partial charge in [0.2, 0.25) is 0 Å². The molecular weight excluding hydrogens is 310 g/mol. The molecule has 0 radical (unpaired) electrons. The molecule has 1 aliphatic rings. The molecule has 1 atom stereocenters. The Morgan fingerprint density at radius 3 is 2.50 bits per heavy atom. The lowest BCUT2D eigenvalue weighted by molar-refractivity contribution is -0.153. The minimum Gasteiger partial charge on any atom is -0.481 e. The maximum atomic E-state index is 12.4. The summed E-state index contributed by atoms with van der Waals surface area (Å²) in [4.78, 5) is 24.0. The van der Waals surface area contributed by atoms with Crippen molar-refractivity contribution in [3.63, 3.8) is 0 Å². The lowest BCUT2D eigenvalue weighted by Crippen LogP contribution is -2.59. The summed E-state index contributed by atoms with van der Waals surface area (Å²) in [6.45, 7) is 6.41. The van der Waals surface area contributed by atoms with Crippen molar-refractivity contribution in [2.24, 2.45) is 0 Å². The normalized spacial score (nSPS) is 18.0. The molecule has 1 unspecified atom stereocenters. The molecule has 1 aliphatic heterocycles. The Kier molecular flexibility index (Phi) is 5.83. The van der Waals surface area contributed by atoms with Gasteiger partial charge in [0, 0.05) is 26.1 Å². The molecule has 6 heteroatoms. The molecule has 132 valence electrons. The maximum absolute atomic E-state index is 12.4. The molecule has 2 rings (SSSR count). The highest BCUT2D eigenvalue weighted by Crippen LogP contribution is 2.23. The van der Waals surface area contributed by atoms with Gasteiger partial charge in [0.1, 0.15) is 11.3 Å². The fourth-order valence-corrected chi connectivity index (χ4v) is 2.65. The molecule has 0 aromatic heterocycles. The van der Waals surface area contributed by atoms with Crippen molar-refractivity contribution in [1.29, 1.82) is 0 Å². The first-order chi connectivity index (χ1) is 11.3. The number of carbonyl (C=O) groups excluding carboxylic acids is 1. The first-order valence-electron chi connectivity index (χ1n) is 8.24. The Hall–Kier alpha value is -2.08. The van der Waals surface area contributed by atoms with Crippen LogP contribution in [0.15, 0.2) is 24.3 Å². The van der Waals surface area contributed by atoms with Gasteiger partial charge in [-0.1, -0.05) is 26.0 Å². The number of carbonyl (C=O) groups is 2. The number of ether oxygens (including phenoxy) is 2. The van der Waals surface area contributed by atoms with Gasteiger partial charge in [-0.15, -0.1) is 0 Å². The van der Waals surface area contributed by atoms with Gasteiger partial charge < -0.3 is 19.9 Å². The van der Waals surface area contributed by atoms with Crippen molar-refractivity contribution < 1.29 is 24.2 Å². The highest BCUT2D eigenvalue weighted by atomic mass is 16.5. The predicted octanol–water partition coefficient (Wildman–Crippen LogP) is 2.33. The predicted molar refractivity (Wildman–Crippen MR) is 89.2 cm³/mol. The van der Waals surface area contributed by atoms with Crippen LogP contribution in [-0.4, -0.2) is 41.8 Å². The number of aliphatic carboxylic acids is 1. The van der Waals surface area contributed by atoms with Gasteiger partial charge in [0.15, 0.2) is 6.10 Å². The minimum absolute atomic E-state index is 0.254. The number of amides is 1. The van der Waals surface area contributed by atoms with E-state index in [0.29, 0.717) is 24.9 Å². The van der Waals surface area contributed by atoms with Crippen LogP contribution in [0.3, 0.4) is 0 Å². The largest absolute Gasteiger partial charge is 0.481 e. The summed E-state index contributed by atoms with van der Waals surface area (Å²) in [5.41, 5.74) is -0.154. The first kappa shape index (κ1) is 18.3. The smallest absolute Gasteiger partial charge is 0.329 e. The molecule has 1 amide bonds. The Morgan fingerprint density at radius 1 is 1.25 bits per heavy atom. The molecule has 6 nitrogen and oxygen atoms in total. The van der Waals surface area contributed by atoms with Gasteiger partial charge >= 0.3 is 5.97 Å². The van der Waals surface area contributed by atoms with Gasteiger partial charge in [0.25, 0.3) is 5.91 Å². The van der Waals surface area contributed by atoms with E-state index in [4.69, 9.17) is 9.47 Å². The van der Waals surface area contributed by atoms with Crippen LogP contribution in [0.5, 0.6) is 5.75 Å². The standard InChI is InChI=1S/C18H25NO5/c1-12(2)14-5-4-6-15(11-14)24-13(3)16(20)19-18(17(21)22)7-9-23-10-8-18/h4-6,11-13H,7-10H2,1-3H3,(H,19,20)(H,21,22). The third-order valence-corrected chi connectivity index (χ3v) is 4.33. The van der Waals surface area contributed by atoms with Crippen LogP contribution in [0.4, 0.5) is 0 Å². The summed E-state index contributed by atoms with van der Waals surface area (Å²) in [6.07, 6.45) is -0.278. The molecular formula is C18H25NO5. The summed E-state index contributed by atoms with van der Waals surface area (Å²) in [6, 6.07) is 7.57. The molecule has 0 bridgehead atoms. The second kappa shape index (κ2) is 7.66. The quantitative estimate of drug-likeness (QED) is 0.833. The van der Waals surface area contributed by atoms with E-state index in [2.05, 4.69) is 19.2 Å². The number of carboxylic acids is 1. The zero-order chi connectivity index (χ0) is 17.7. The van der Waals surface area contributed by atoms with Crippen LogP contribution in [0.2, 0.25) is 0 Å². The van der Waals surface area contributed by atoms with Crippen molar-refractivity contribution >= 4 is 11.9 Å². The summed E-state index contributed by atoms with van der Waals surface area (Å²) in [7, 11) is 0. The summed E-state index contributed by atoms with van der Waals surface area (Å²) >= 11 is 0. The van der Waals surface area contributed by atoms with Crippen molar-refractivity contribution in [2.75, 3.05) is 13.2 Å². The highest BCUT2D eigenvalue weighted by molar-refractivity contribution is 5.89. The molecule has 0 spiro atoms. The lowest BCUT2D eigenvalue weighted by Gasteiger charge is -2.34.